The molecule has 210 valence electrons. The van der Waals surface area contributed by atoms with Gasteiger partial charge in [0, 0.05) is 18.3 Å². The van der Waals surface area contributed by atoms with Crippen molar-refractivity contribution in [3.8, 4) is 0 Å². The molecular formula is C29H33N5O6. The number of fused-ring (bicyclic) bond motifs is 2. The fourth-order valence-electron chi connectivity index (χ4n) is 5.67. The van der Waals surface area contributed by atoms with E-state index >= 15 is 0 Å². The van der Waals surface area contributed by atoms with Gasteiger partial charge in [0.1, 0.15) is 18.1 Å². The van der Waals surface area contributed by atoms with E-state index in [0.717, 1.165) is 28.9 Å². The molecule has 2 aromatic carbocycles. The van der Waals surface area contributed by atoms with Crippen molar-refractivity contribution in [2.45, 2.75) is 63.7 Å². The predicted molar refractivity (Wildman–Crippen MR) is 145 cm³/mol. The third kappa shape index (κ3) is 5.23. The molecule has 0 radical (unpaired) electrons. The monoisotopic (exact) mass is 547 g/mol. The topological polar surface area (TPSA) is 148 Å². The van der Waals surface area contributed by atoms with Crippen LogP contribution < -0.4 is 16.0 Å². The highest BCUT2D eigenvalue weighted by Crippen LogP contribution is 2.42. The Morgan fingerprint density at radius 1 is 1.12 bits per heavy atom. The summed E-state index contributed by atoms with van der Waals surface area (Å²) in [5.74, 6) is -0.838. The van der Waals surface area contributed by atoms with Crippen LogP contribution in [0.4, 0.5) is 15.3 Å². The van der Waals surface area contributed by atoms with Gasteiger partial charge < -0.3 is 26.0 Å². The Hall–Kier alpha value is -4.41. The molecule has 5 rings (SSSR count). The smallest absolute Gasteiger partial charge is 0.405 e. The van der Waals surface area contributed by atoms with Crippen molar-refractivity contribution in [2.75, 3.05) is 11.9 Å². The molecule has 1 saturated heterocycles. The number of carbonyl (C=O) groups is 5. The molecule has 2 fully saturated rings. The van der Waals surface area contributed by atoms with Crippen LogP contribution in [0, 0.1) is 5.92 Å². The molecule has 1 unspecified atom stereocenters. The number of imide groups is 1. The fourth-order valence-corrected chi connectivity index (χ4v) is 5.67. The zero-order chi connectivity index (χ0) is 28.6. The second-order valence-electron chi connectivity index (χ2n) is 10.8. The van der Waals surface area contributed by atoms with E-state index in [1.165, 1.54) is 6.92 Å². The Morgan fingerprint density at radius 3 is 2.52 bits per heavy atom. The van der Waals surface area contributed by atoms with Gasteiger partial charge in [0.25, 0.3) is 5.91 Å². The molecule has 1 aliphatic heterocycles. The van der Waals surface area contributed by atoms with Crippen LogP contribution in [-0.2, 0) is 32.9 Å². The number of benzene rings is 2. The molecule has 6 amide bonds. The van der Waals surface area contributed by atoms with E-state index in [1.807, 2.05) is 37.3 Å². The van der Waals surface area contributed by atoms with Crippen LogP contribution in [0.1, 0.15) is 49.8 Å². The molecule has 11 heteroatoms. The maximum atomic E-state index is 13.7. The first-order valence-corrected chi connectivity index (χ1v) is 13.5. The predicted octanol–water partition coefficient (Wildman–Crippen LogP) is 2.80. The van der Waals surface area contributed by atoms with Gasteiger partial charge in [0.05, 0.1) is 0 Å². The number of rotatable bonds is 9. The maximum Gasteiger partial charge on any atom is 0.405 e. The van der Waals surface area contributed by atoms with Gasteiger partial charge in [-0.25, -0.2) is 9.59 Å². The van der Waals surface area contributed by atoms with Crippen molar-refractivity contribution in [1.82, 2.24) is 20.4 Å². The zero-order valence-corrected chi connectivity index (χ0v) is 22.5. The minimum Gasteiger partial charge on any atom is -0.465 e. The average Bonchev–Trinajstić information content (AvgIpc) is 3.67. The molecule has 40 heavy (non-hydrogen) atoms. The first kappa shape index (κ1) is 27.2. The van der Waals surface area contributed by atoms with Gasteiger partial charge in [-0.1, -0.05) is 36.4 Å². The molecule has 1 saturated carbocycles. The van der Waals surface area contributed by atoms with Crippen LogP contribution >= 0.6 is 0 Å². The van der Waals surface area contributed by atoms with Crippen LogP contribution in [0.3, 0.4) is 0 Å². The maximum absolute atomic E-state index is 13.7. The van der Waals surface area contributed by atoms with Crippen molar-refractivity contribution in [1.29, 1.82) is 0 Å². The number of amides is 6. The normalized spacial score (nSPS) is 21.0. The number of urea groups is 1. The van der Waals surface area contributed by atoms with E-state index in [4.69, 9.17) is 5.11 Å². The van der Waals surface area contributed by atoms with Crippen molar-refractivity contribution < 1.29 is 29.1 Å². The molecule has 2 aromatic rings. The van der Waals surface area contributed by atoms with Gasteiger partial charge in [0.2, 0.25) is 11.8 Å². The van der Waals surface area contributed by atoms with Crippen LogP contribution in [0.15, 0.2) is 48.5 Å². The van der Waals surface area contributed by atoms with Gasteiger partial charge in [-0.3, -0.25) is 19.3 Å². The standard InChI is InChI=1S/C29H33N5O6/c1-17(30-28(39)40)25(36)31-22-10-11-23-21(14-22)12-13-29(23)26(37)34(27(38)32-29)16-24(35)33(18(2)20-8-9-20)15-19-6-4-3-5-7-19/h3-7,10-11,14,17-18,20,30H,8-9,12-13,15-16H2,1-2H3,(H,31,36)(H,32,38)(H,39,40)/t17-,18-,29?/m0/s1. The van der Waals surface area contributed by atoms with Gasteiger partial charge in [-0.15, -0.1) is 0 Å². The van der Waals surface area contributed by atoms with Gasteiger partial charge in [0.15, 0.2) is 0 Å². The average molecular weight is 548 g/mol. The lowest BCUT2D eigenvalue weighted by Gasteiger charge is -2.31. The van der Waals surface area contributed by atoms with Crippen molar-refractivity contribution >= 4 is 35.5 Å². The third-order valence-corrected chi connectivity index (χ3v) is 8.12. The molecule has 2 aliphatic carbocycles. The molecule has 11 nitrogen and oxygen atoms in total. The summed E-state index contributed by atoms with van der Waals surface area (Å²) in [6.45, 7) is 3.52. The molecule has 4 N–H and O–H groups in total. The van der Waals surface area contributed by atoms with Crippen molar-refractivity contribution in [3.05, 3.63) is 65.2 Å². The Kier molecular flexibility index (Phi) is 7.22. The van der Waals surface area contributed by atoms with E-state index in [9.17, 15) is 24.0 Å². The number of anilines is 1. The number of hydrogen-bond acceptors (Lipinski definition) is 5. The number of nitrogens with zero attached hydrogens (tertiary/aromatic N) is 2. The summed E-state index contributed by atoms with van der Waals surface area (Å²) in [5.41, 5.74) is 1.58. The first-order chi connectivity index (χ1) is 19.1. The molecule has 0 bridgehead atoms. The second-order valence-corrected chi connectivity index (χ2v) is 10.8. The highest BCUT2D eigenvalue weighted by Gasteiger charge is 2.56. The van der Waals surface area contributed by atoms with E-state index in [-0.39, 0.29) is 18.5 Å². The van der Waals surface area contributed by atoms with Crippen LogP contribution in [0.2, 0.25) is 0 Å². The van der Waals surface area contributed by atoms with Crippen LogP contribution in [-0.4, -0.2) is 63.4 Å². The Bertz CT molecular complexity index is 1360. The molecule has 0 aromatic heterocycles. The molecule has 1 heterocycles. The molecular weight excluding hydrogens is 514 g/mol. The molecule has 3 aliphatic rings. The van der Waals surface area contributed by atoms with E-state index in [0.29, 0.717) is 36.6 Å². The zero-order valence-electron chi connectivity index (χ0n) is 22.5. The number of carboxylic acid groups (broad SMARTS) is 1. The van der Waals surface area contributed by atoms with Crippen molar-refractivity contribution in [2.24, 2.45) is 5.92 Å². The van der Waals surface area contributed by atoms with Crippen LogP contribution in [0.5, 0.6) is 0 Å². The molecule has 3 atom stereocenters. The highest BCUT2D eigenvalue weighted by atomic mass is 16.4. The summed E-state index contributed by atoms with van der Waals surface area (Å²) < 4.78 is 0. The summed E-state index contributed by atoms with van der Waals surface area (Å²) in [6.07, 6.45) is 1.62. The summed E-state index contributed by atoms with van der Waals surface area (Å²) in [7, 11) is 0. The second kappa shape index (κ2) is 10.6. The largest absolute Gasteiger partial charge is 0.465 e. The van der Waals surface area contributed by atoms with E-state index < -0.39 is 35.5 Å². The Balaban J connectivity index is 1.31. The SMILES string of the molecule is C[C@H](NC(=O)O)C(=O)Nc1ccc2c(c1)CCC21NC(=O)N(CC(=O)N(Cc2ccccc2)[C@@H](C)C2CC2)C1=O. The summed E-state index contributed by atoms with van der Waals surface area (Å²) >= 11 is 0. The van der Waals surface area contributed by atoms with Gasteiger partial charge in [-0.05, 0) is 74.3 Å². The molecule has 1 spiro atoms. The number of hydrogen-bond donors (Lipinski definition) is 4. The fraction of sp³-hybridized carbons (Fsp3) is 0.414. The lowest BCUT2D eigenvalue weighted by molar-refractivity contribution is -0.141. The lowest BCUT2D eigenvalue weighted by atomic mass is 9.91. The number of aryl methyl sites for hydroxylation is 1. The first-order valence-electron chi connectivity index (χ1n) is 13.5. The lowest BCUT2D eigenvalue weighted by Crippen LogP contribution is -2.47. The quantitative estimate of drug-likeness (QED) is 0.355. The summed E-state index contributed by atoms with van der Waals surface area (Å²) in [6, 6.07) is 13.1. The Morgan fingerprint density at radius 2 is 1.85 bits per heavy atom. The minimum absolute atomic E-state index is 0.00307. The Labute approximate surface area is 231 Å². The van der Waals surface area contributed by atoms with Gasteiger partial charge in [-0.2, -0.15) is 0 Å². The number of nitrogens with one attached hydrogen (secondary N) is 3. The minimum atomic E-state index is -1.30. The third-order valence-electron chi connectivity index (χ3n) is 8.12. The van der Waals surface area contributed by atoms with E-state index in [2.05, 4.69) is 16.0 Å². The van der Waals surface area contributed by atoms with Crippen LogP contribution in [0.25, 0.3) is 0 Å². The highest BCUT2D eigenvalue weighted by molar-refractivity contribution is 6.10. The van der Waals surface area contributed by atoms with E-state index in [1.54, 1.807) is 23.1 Å². The summed E-state index contributed by atoms with van der Waals surface area (Å²) in [4.78, 5) is 66.3. The van der Waals surface area contributed by atoms with Gasteiger partial charge >= 0.3 is 12.1 Å². The number of carbonyl (C=O) groups excluding carboxylic acids is 4. The van der Waals surface area contributed by atoms with Crippen molar-refractivity contribution in [3.63, 3.8) is 0 Å². The summed E-state index contributed by atoms with van der Waals surface area (Å²) in [5, 5.41) is 16.4.